The van der Waals surface area contributed by atoms with Crippen molar-refractivity contribution < 1.29 is 14.4 Å². The lowest BCUT2D eigenvalue weighted by Crippen LogP contribution is -2.33. The number of hydrogen-bond acceptors (Lipinski definition) is 5. The summed E-state index contributed by atoms with van der Waals surface area (Å²) in [4.78, 5) is 45.8. The van der Waals surface area contributed by atoms with Crippen LogP contribution in [0.4, 0.5) is 5.69 Å². The molecule has 2 heterocycles. The van der Waals surface area contributed by atoms with Gasteiger partial charge in [0.25, 0.3) is 11.8 Å². The van der Waals surface area contributed by atoms with Gasteiger partial charge in [0.15, 0.2) is 5.17 Å². The summed E-state index contributed by atoms with van der Waals surface area (Å²) in [5.74, 6) is -0.694. The third-order valence-corrected chi connectivity index (χ3v) is 7.26. The van der Waals surface area contributed by atoms with Gasteiger partial charge in [0.05, 0.1) is 0 Å². The molecule has 34 heavy (non-hydrogen) atoms. The normalized spacial score (nSPS) is 17.9. The van der Waals surface area contributed by atoms with E-state index < -0.39 is 5.25 Å². The van der Waals surface area contributed by atoms with Gasteiger partial charge in [-0.25, -0.2) is 0 Å². The third kappa shape index (κ3) is 6.18. The minimum absolute atomic E-state index is 0.0407. The fourth-order valence-electron chi connectivity index (χ4n) is 4.00. The topological polar surface area (TPSA) is 82.1 Å². The van der Waals surface area contributed by atoms with Gasteiger partial charge < -0.3 is 15.1 Å². The second-order valence-electron chi connectivity index (χ2n) is 8.51. The number of amides is 3. The second kappa shape index (κ2) is 11.1. The van der Waals surface area contributed by atoms with Crippen molar-refractivity contribution in [3.05, 3.63) is 64.7 Å². The highest BCUT2D eigenvalue weighted by atomic mass is 35.5. The van der Waals surface area contributed by atoms with Gasteiger partial charge in [-0.3, -0.25) is 14.4 Å². The average molecular weight is 499 g/mol. The fourth-order valence-corrected chi connectivity index (χ4v) is 5.24. The molecule has 7 nitrogen and oxygen atoms in total. The van der Waals surface area contributed by atoms with Gasteiger partial charge in [0, 0.05) is 49.4 Å². The number of nitrogens with one attached hydrogen (secondary N) is 1. The van der Waals surface area contributed by atoms with E-state index in [1.165, 1.54) is 18.2 Å². The Morgan fingerprint density at radius 2 is 1.88 bits per heavy atom. The number of benzene rings is 2. The van der Waals surface area contributed by atoms with Crippen LogP contribution in [0.2, 0.25) is 5.02 Å². The number of anilines is 1. The quantitative estimate of drug-likeness (QED) is 0.637. The first-order valence-corrected chi connectivity index (χ1v) is 12.6. The first-order valence-electron chi connectivity index (χ1n) is 11.3. The van der Waals surface area contributed by atoms with Crippen molar-refractivity contribution >= 4 is 51.9 Å². The smallest absolute Gasteiger partial charge is 0.262 e. The lowest BCUT2D eigenvalue weighted by Gasteiger charge is -2.27. The van der Waals surface area contributed by atoms with Crippen molar-refractivity contribution in [3.63, 3.8) is 0 Å². The van der Waals surface area contributed by atoms with Gasteiger partial charge in [-0.05, 0) is 55.2 Å². The van der Waals surface area contributed by atoms with Gasteiger partial charge in [0.1, 0.15) is 5.25 Å². The number of likely N-dealkylation sites (tertiary alicyclic amines) is 1. The van der Waals surface area contributed by atoms with Gasteiger partial charge >= 0.3 is 0 Å². The van der Waals surface area contributed by atoms with Crippen molar-refractivity contribution in [1.29, 1.82) is 0 Å². The number of carbonyl (C=O) groups is 3. The molecule has 0 unspecified atom stereocenters. The highest BCUT2D eigenvalue weighted by Gasteiger charge is 2.33. The Hall–Kier alpha value is -2.84. The molecule has 1 atom stereocenters. The first-order chi connectivity index (χ1) is 16.4. The number of piperidine rings is 1. The zero-order valence-electron chi connectivity index (χ0n) is 19.0. The zero-order valence-corrected chi connectivity index (χ0v) is 20.6. The molecular weight excluding hydrogens is 472 g/mol. The van der Waals surface area contributed by atoms with Gasteiger partial charge in [-0.1, -0.05) is 41.6 Å². The average Bonchev–Trinajstić information content (AvgIpc) is 3.20. The molecule has 2 aliphatic heterocycles. The Morgan fingerprint density at radius 3 is 2.62 bits per heavy atom. The number of thioether (sulfide) groups is 1. The van der Waals surface area contributed by atoms with Crippen LogP contribution in [0.1, 0.15) is 41.6 Å². The fraction of sp³-hybridized carbons (Fsp3) is 0.360. The number of amidine groups is 1. The van der Waals surface area contributed by atoms with E-state index in [-0.39, 0.29) is 24.1 Å². The molecule has 0 saturated carbocycles. The van der Waals surface area contributed by atoms with E-state index in [1.54, 1.807) is 48.3 Å². The van der Waals surface area contributed by atoms with Gasteiger partial charge in [-0.15, -0.1) is 0 Å². The number of aliphatic imine (C=N–C) groups is 1. The molecule has 3 amide bonds. The Labute approximate surface area is 208 Å². The molecule has 1 fully saturated rings. The van der Waals surface area contributed by atoms with Gasteiger partial charge in [0.2, 0.25) is 5.91 Å². The molecule has 0 aliphatic carbocycles. The summed E-state index contributed by atoms with van der Waals surface area (Å²) < 4.78 is 0. The Kier molecular flexibility index (Phi) is 7.90. The first kappa shape index (κ1) is 24.3. The molecule has 2 aromatic carbocycles. The monoisotopic (exact) mass is 498 g/mol. The number of carbonyl (C=O) groups excluding carboxylic acids is 3. The summed E-state index contributed by atoms with van der Waals surface area (Å²) in [5.41, 5.74) is 1.95. The standard InChI is InChI=1S/C25H27ClN4O3S/c1-29(16-17-8-10-19(26)11-9-17)24(33)18-6-5-7-20(14-18)27-22(31)15-21-23(32)28-25(34-21)30-12-3-2-4-13-30/h5-11,14,21H,2-4,12-13,15-16H2,1H3,(H,27,31)/t21-/m1/s1. The predicted octanol–water partition coefficient (Wildman–Crippen LogP) is 4.42. The lowest BCUT2D eigenvalue weighted by atomic mass is 10.1. The molecule has 9 heteroatoms. The van der Waals surface area contributed by atoms with Crippen LogP contribution < -0.4 is 5.32 Å². The molecule has 0 spiro atoms. The van der Waals surface area contributed by atoms with Gasteiger partial charge in [-0.2, -0.15) is 4.99 Å². The SMILES string of the molecule is CN(Cc1ccc(Cl)cc1)C(=O)c1cccc(NC(=O)C[C@H]2SC(N3CCCCC3)=NC2=O)c1. The zero-order chi connectivity index (χ0) is 24.1. The molecule has 0 aromatic heterocycles. The lowest BCUT2D eigenvalue weighted by molar-refractivity contribution is -0.121. The van der Waals surface area contributed by atoms with Crippen molar-refractivity contribution in [3.8, 4) is 0 Å². The largest absolute Gasteiger partial charge is 0.351 e. The Morgan fingerprint density at radius 1 is 1.15 bits per heavy atom. The minimum atomic E-state index is -0.507. The molecule has 2 aliphatic rings. The van der Waals surface area contributed by atoms with Crippen LogP contribution >= 0.6 is 23.4 Å². The molecule has 0 bridgehead atoms. The van der Waals surface area contributed by atoms with Crippen molar-refractivity contribution in [2.75, 3.05) is 25.5 Å². The van der Waals surface area contributed by atoms with E-state index >= 15 is 0 Å². The summed E-state index contributed by atoms with van der Waals surface area (Å²) >= 11 is 7.30. The summed E-state index contributed by atoms with van der Waals surface area (Å²) in [5, 5.41) is 3.69. The van der Waals surface area contributed by atoms with Crippen LogP contribution in [0.25, 0.3) is 0 Å². The molecule has 1 N–H and O–H groups in total. The maximum absolute atomic E-state index is 12.9. The molecule has 4 rings (SSSR count). The molecule has 178 valence electrons. The maximum Gasteiger partial charge on any atom is 0.262 e. The van der Waals surface area contributed by atoms with E-state index in [1.807, 2.05) is 12.1 Å². The van der Waals surface area contributed by atoms with Crippen LogP contribution in [0.5, 0.6) is 0 Å². The van der Waals surface area contributed by atoms with Crippen LogP contribution in [-0.2, 0) is 16.1 Å². The van der Waals surface area contributed by atoms with E-state index in [0.29, 0.717) is 22.8 Å². The second-order valence-corrected chi connectivity index (χ2v) is 10.1. The van der Waals surface area contributed by atoms with Crippen LogP contribution in [-0.4, -0.2) is 58.1 Å². The third-order valence-electron chi connectivity index (χ3n) is 5.80. The van der Waals surface area contributed by atoms with Crippen molar-refractivity contribution in [2.24, 2.45) is 4.99 Å². The van der Waals surface area contributed by atoms with Crippen molar-refractivity contribution in [1.82, 2.24) is 9.80 Å². The van der Waals surface area contributed by atoms with Crippen LogP contribution in [0.15, 0.2) is 53.5 Å². The van der Waals surface area contributed by atoms with Crippen LogP contribution in [0.3, 0.4) is 0 Å². The summed E-state index contributed by atoms with van der Waals surface area (Å²) in [7, 11) is 1.73. The Balaban J connectivity index is 1.32. The molecule has 1 saturated heterocycles. The molecular formula is C25H27ClN4O3S. The number of rotatable bonds is 6. The Bertz CT molecular complexity index is 1100. The number of hydrogen-bond donors (Lipinski definition) is 1. The van der Waals surface area contributed by atoms with Crippen molar-refractivity contribution in [2.45, 2.75) is 37.5 Å². The number of halogens is 1. The van der Waals surface area contributed by atoms with Crippen LogP contribution in [0, 0.1) is 0 Å². The van der Waals surface area contributed by atoms with E-state index in [2.05, 4.69) is 15.2 Å². The summed E-state index contributed by atoms with van der Waals surface area (Å²) in [6.45, 7) is 2.25. The predicted molar refractivity (Wildman–Crippen MR) is 136 cm³/mol. The van der Waals surface area contributed by atoms with E-state index in [9.17, 15) is 14.4 Å². The highest BCUT2D eigenvalue weighted by Crippen LogP contribution is 2.29. The van der Waals surface area contributed by atoms with E-state index in [4.69, 9.17) is 11.6 Å². The molecule has 2 aromatic rings. The number of nitrogens with zero attached hydrogens (tertiary/aromatic N) is 3. The highest BCUT2D eigenvalue weighted by molar-refractivity contribution is 8.15. The minimum Gasteiger partial charge on any atom is -0.351 e. The summed E-state index contributed by atoms with van der Waals surface area (Å²) in [6.07, 6.45) is 3.44. The maximum atomic E-state index is 12.9. The summed E-state index contributed by atoms with van der Waals surface area (Å²) in [6, 6.07) is 14.2. The molecule has 0 radical (unpaired) electrons. The van der Waals surface area contributed by atoms with E-state index in [0.717, 1.165) is 36.7 Å².